The van der Waals surface area contributed by atoms with Crippen molar-refractivity contribution < 1.29 is 4.74 Å². The molecule has 1 aliphatic rings. The van der Waals surface area contributed by atoms with Gasteiger partial charge in [0.2, 0.25) is 0 Å². The maximum atomic E-state index is 5.81. The molecule has 0 amide bonds. The van der Waals surface area contributed by atoms with Crippen LogP contribution in [0.3, 0.4) is 0 Å². The second-order valence-corrected chi connectivity index (χ2v) is 5.86. The van der Waals surface area contributed by atoms with Gasteiger partial charge in [0.1, 0.15) is 12.4 Å². The Morgan fingerprint density at radius 3 is 3.17 bits per heavy atom. The van der Waals surface area contributed by atoms with E-state index in [4.69, 9.17) is 4.74 Å². The van der Waals surface area contributed by atoms with Crippen molar-refractivity contribution in [3.8, 4) is 0 Å². The van der Waals surface area contributed by atoms with Gasteiger partial charge in [-0.05, 0) is 19.4 Å². The summed E-state index contributed by atoms with van der Waals surface area (Å²) in [7, 11) is 1.91. The smallest absolute Gasteiger partial charge is 0.159 e. The Labute approximate surface area is 133 Å². The summed E-state index contributed by atoms with van der Waals surface area (Å²) in [4.78, 5) is 8.64. The SMILES string of the molecule is Cc1nn(C)c2nccc(NC[C@@H]3CCO[C@@H]3c3ncn[nH]3)c12. The molecule has 3 aromatic heterocycles. The topological polar surface area (TPSA) is 93.5 Å². The molecule has 0 radical (unpaired) electrons. The third-order valence-electron chi connectivity index (χ3n) is 4.37. The van der Waals surface area contributed by atoms with E-state index in [1.54, 1.807) is 0 Å². The third kappa shape index (κ3) is 2.44. The predicted molar refractivity (Wildman–Crippen MR) is 84.9 cm³/mol. The number of aromatic nitrogens is 6. The van der Waals surface area contributed by atoms with Gasteiger partial charge >= 0.3 is 0 Å². The molecule has 0 bridgehead atoms. The Balaban J connectivity index is 1.55. The van der Waals surface area contributed by atoms with Gasteiger partial charge < -0.3 is 10.1 Å². The van der Waals surface area contributed by atoms with Crippen LogP contribution in [0.25, 0.3) is 11.0 Å². The quantitative estimate of drug-likeness (QED) is 0.759. The second kappa shape index (κ2) is 5.62. The number of aryl methyl sites for hydroxylation is 2. The summed E-state index contributed by atoms with van der Waals surface area (Å²) in [5.41, 5.74) is 2.93. The largest absolute Gasteiger partial charge is 0.384 e. The fourth-order valence-corrected chi connectivity index (χ4v) is 3.26. The van der Waals surface area contributed by atoms with Gasteiger partial charge in [0.15, 0.2) is 11.5 Å². The molecule has 0 aliphatic carbocycles. The van der Waals surface area contributed by atoms with Gasteiger partial charge in [-0.1, -0.05) is 0 Å². The minimum absolute atomic E-state index is 0.0303. The highest BCUT2D eigenvalue weighted by Crippen LogP contribution is 2.33. The number of aromatic amines is 1. The van der Waals surface area contributed by atoms with Crippen LogP contribution in [-0.2, 0) is 11.8 Å². The van der Waals surface area contributed by atoms with Crippen LogP contribution in [0, 0.1) is 12.8 Å². The van der Waals surface area contributed by atoms with Crippen molar-refractivity contribution in [3.05, 3.63) is 30.1 Å². The minimum Gasteiger partial charge on any atom is -0.384 e. The molecule has 120 valence electrons. The number of nitrogens with one attached hydrogen (secondary N) is 2. The van der Waals surface area contributed by atoms with E-state index in [9.17, 15) is 0 Å². The average molecular weight is 313 g/mol. The Morgan fingerprint density at radius 2 is 2.35 bits per heavy atom. The summed E-state index contributed by atoms with van der Waals surface area (Å²) < 4.78 is 7.62. The lowest BCUT2D eigenvalue weighted by Crippen LogP contribution is -2.19. The number of fused-ring (bicyclic) bond motifs is 1. The zero-order valence-corrected chi connectivity index (χ0v) is 13.2. The number of H-pyrrole nitrogens is 1. The number of rotatable bonds is 4. The van der Waals surface area contributed by atoms with Crippen LogP contribution >= 0.6 is 0 Å². The fourth-order valence-electron chi connectivity index (χ4n) is 3.26. The van der Waals surface area contributed by atoms with Crippen LogP contribution in [0.1, 0.15) is 24.0 Å². The zero-order valence-electron chi connectivity index (χ0n) is 13.2. The molecule has 2 atom stereocenters. The molecule has 1 saturated heterocycles. The van der Waals surface area contributed by atoms with Crippen molar-refractivity contribution in [3.63, 3.8) is 0 Å². The van der Waals surface area contributed by atoms with Gasteiger partial charge in [0, 0.05) is 38.0 Å². The maximum Gasteiger partial charge on any atom is 0.159 e. The van der Waals surface area contributed by atoms with E-state index in [-0.39, 0.29) is 6.10 Å². The molecule has 4 rings (SSSR count). The van der Waals surface area contributed by atoms with Crippen molar-refractivity contribution in [2.75, 3.05) is 18.5 Å². The maximum absolute atomic E-state index is 5.81. The number of hydrogen-bond acceptors (Lipinski definition) is 6. The number of nitrogens with zero attached hydrogens (tertiary/aromatic N) is 5. The molecule has 1 fully saturated rings. The molecule has 8 heteroatoms. The lowest BCUT2D eigenvalue weighted by molar-refractivity contribution is 0.0864. The lowest BCUT2D eigenvalue weighted by atomic mass is 10.0. The summed E-state index contributed by atoms with van der Waals surface area (Å²) in [6.45, 7) is 3.55. The van der Waals surface area contributed by atoms with Crippen molar-refractivity contribution in [1.82, 2.24) is 29.9 Å². The monoisotopic (exact) mass is 313 g/mol. The normalized spacial score (nSPS) is 21.1. The van der Waals surface area contributed by atoms with Gasteiger partial charge in [-0.2, -0.15) is 10.2 Å². The van der Waals surface area contributed by atoms with Crippen LogP contribution in [-0.4, -0.2) is 43.1 Å². The van der Waals surface area contributed by atoms with Gasteiger partial charge in [0.25, 0.3) is 0 Å². The van der Waals surface area contributed by atoms with Gasteiger partial charge in [0.05, 0.1) is 11.1 Å². The van der Waals surface area contributed by atoms with Crippen LogP contribution < -0.4 is 5.32 Å². The molecule has 0 spiro atoms. The fraction of sp³-hybridized carbons (Fsp3) is 0.467. The van der Waals surface area contributed by atoms with Gasteiger partial charge in [-0.3, -0.25) is 9.78 Å². The van der Waals surface area contributed by atoms with Crippen LogP contribution in [0.5, 0.6) is 0 Å². The molecular weight excluding hydrogens is 294 g/mol. The van der Waals surface area contributed by atoms with Gasteiger partial charge in [-0.15, -0.1) is 0 Å². The van der Waals surface area contributed by atoms with E-state index in [2.05, 4.69) is 30.6 Å². The van der Waals surface area contributed by atoms with E-state index >= 15 is 0 Å². The Morgan fingerprint density at radius 1 is 1.43 bits per heavy atom. The standard InChI is InChI=1S/C15H19N7O/c1-9-12-11(3-5-16-15(12)22(2)21-9)17-7-10-4-6-23-13(10)14-18-8-19-20-14/h3,5,8,10,13H,4,6-7H2,1-2H3,(H,16,17)(H,18,19,20)/t10-,13-/m0/s1. The number of hydrogen-bond donors (Lipinski definition) is 2. The summed E-state index contributed by atoms with van der Waals surface area (Å²) in [6, 6.07) is 2.00. The summed E-state index contributed by atoms with van der Waals surface area (Å²) in [6.07, 6.45) is 4.30. The highest BCUT2D eigenvalue weighted by molar-refractivity contribution is 5.91. The average Bonchev–Trinajstić information content (AvgIpc) is 3.26. The third-order valence-corrected chi connectivity index (χ3v) is 4.37. The first-order chi connectivity index (χ1) is 11.2. The van der Waals surface area contributed by atoms with E-state index in [1.807, 2.05) is 30.9 Å². The molecule has 0 saturated carbocycles. The van der Waals surface area contributed by atoms with Crippen molar-refractivity contribution >= 4 is 16.7 Å². The van der Waals surface area contributed by atoms with E-state index < -0.39 is 0 Å². The minimum atomic E-state index is -0.0303. The van der Waals surface area contributed by atoms with Crippen LogP contribution in [0.4, 0.5) is 5.69 Å². The first-order valence-electron chi connectivity index (χ1n) is 7.73. The Bertz CT molecular complexity index is 811. The van der Waals surface area contributed by atoms with Crippen molar-refractivity contribution in [1.29, 1.82) is 0 Å². The van der Waals surface area contributed by atoms with Gasteiger partial charge in [-0.25, -0.2) is 9.97 Å². The molecule has 8 nitrogen and oxygen atoms in total. The Hall–Kier alpha value is -2.48. The Kier molecular flexibility index (Phi) is 3.45. The number of ether oxygens (including phenoxy) is 1. The predicted octanol–water partition coefficient (Wildman–Crippen LogP) is 1.58. The molecule has 0 unspecified atom stereocenters. The highest BCUT2D eigenvalue weighted by atomic mass is 16.5. The summed E-state index contributed by atoms with van der Waals surface area (Å²) >= 11 is 0. The molecular formula is C15H19N7O. The molecule has 23 heavy (non-hydrogen) atoms. The summed E-state index contributed by atoms with van der Waals surface area (Å²) in [5.74, 6) is 1.15. The van der Waals surface area contributed by atoms with Crippen molar-refractivity contribution in [2.45, 2.75) is 19.4 Å². The van der Waals surface area contributed by atoms with E-state index in [1.165, 1.54) is 6.33 Å². The number of anilines is 1. The van der Waals surface area contributed by atoms with E-state index in [0.29, 0.717) is 5.92 Å². The molecule has 0 aromatic carbocycles. The van der Waals surface area contributed by atoms with E-state index in [0.717, 1.165) is 47.8 Å². The molecule has 2 N–H and O–H groups in total. The number of pyridine rings is 1. The van der Waals surface area contributed by atoms with Crippen LogP contribution in [0.15, 0.2) is 18.6 Å². The molecule has 1 aliphatic heterocycles. The second-order valence-electron chi connectivity index (χ2n) is 5.86. The zero-order chi connectivity index (χ0) is 15.8. The first kappa shape index (κ1) is 14.1. The summed E-state index contributed by atoms with van der Waals surface area (Å²) in [5, 5.41) is 15.9. The first-order valence-corrected chi connectivity index (χ1v) is 7.73. The van der Waals surface area contributed by atoms with Crippen molar-refractivity contribution in [2.24, 2.45) is 13.0 Å². The van der Waals surface area contributed by atoms with Crippen LogP contribution in [0.2, 0.25) is 0 Å². The molecule has 3 aromatic rings. The highest BCUT2D eigenvalue weighted by Gasteiger charge is 2.31. The molecule has 4 heterocycles. The lowest BCUT2D eigenvalue weighted by Gasteiger charge is -2.17.